The minimum Gasteiger partial charge on any atom is -0.490 e. The smallest absolute Gasteiger partial charge is 0.404 e. The van der Waals surface area contributed by atoms with Gasteiger partial charge in [-0.3, -0.25) is 0 Å². The molecule has 32 heavy (non-hydrogen) atoms. The summed E-state index contributed by atoms with van der Waals surface area (Å²) in [6.07, 6.45) is 2.15. The number of hydrogen-bond donors (Lipinski definition) is 2. The number of halogens is 1. The lowest BCUT2D eigenvalue weighted by Crippen LogP contribution is -2.48. The second-order valence-corrected chi connectivity index (χ2v) is 9.26. The van der Waals surface area contributed by atoms with Crippen molar-refractivity contribution in [2.45, 2.75) is 44.2 Å². The van der Waals surface area contributed by atoms with Crippen molar-refractivity contribution in [1.82, 2.24) is 10.3 Å². The molecule has 0 saturated heterocycles. The van der Waals surface area contributed by atoms with Gasteiger partial charge in [0.25, 0.3) is 0 Å². The van der Waals surface area contributed by atoms with E-state index in [2.05, 4.69) is 64.3 Å². The molecule has 1 amide bonds. The summed E-state index contributed by atoms with van der Waals surface area (Å²) in [5, 5.41) is 11.2. The van der Waals surface area contributed by atoms with Gasteiger partial charge in [0, 0.05) is 24.3 Å². The van der Waals surface area contributed by atoms with Gasteiger partial charge in [-0.05, 0) is 63.5 Å². The highest BCUT2D eigenvalue weighted by Gasteiger charge is 2.32. The van der Waals surface area contributed by atoms with E-state index < -0.39 is 6.09 Å². The number of amides is 1. The lowest BCUT2D eigenvalue weighted by molar-refractivity contribution is 0.0833. The van der Waals surface area contributed by atoms with Gasteiger partial charge < -0.3 is 19.9 Å². The third-order valence-corrected chi connectivity index (χ3v) is 6.28. The number of hydrogen-bond acceptors (Lipinski definition) is 4. The molecule has 1 fully saturated rings. The van der Waals surface area contributed by atoms with Crippen LogP contribution in [-0.2, 0) is 5.41 Å². The van der Waals surface area contributed by atoms with Crippen LogP contribution in [0.4, 0.5) is 4.79 Å². The van der Waals surface area contributed by atoms with Gasteiger partial charge in [0.05, 0.1) is 6.20 Å². The molecule has 1 heterocycles. The quantitative estimate of drug-likeness (QED) is 0.384. The molecule has 0 spiro atoms. The molecule has 0 bridgehead atoms. The molecule has 3 aromatic rings. The third kappa shape index (κ3) is 5.22. The summed E-state index contributed by atoms with van der Waals surface area (Å²) in [4.78, 5) is 14.8. The Morgan fingerprint density at radius 2 is 1.53 bits per heavy atom. The van der Waals surface area contributed by atoms with Crippen molar-refractivity contribution in [1.29, 1.82) is 0 Å². The summed E-state index contributed by atoms with van der Waals surface area (Å²) in [6.45, 7) is 4.37. The molecule has 1 aliphatic rings. The maximum atomic E-state index is 10.7. The molecule has 1 saturated carbocycles. The molecule has 2 aromatic carbocycles. The molecule has 1 aromatic heterocycles. The lowest BCUT2D eigenvalue weighted by Gasteiger charge is -2.35. The van der Waals surface area contributed by atoms with Crippen LogP contribution in [0.25, 0.3) is 0 Å². The maximum Gasteiger partial charge on any atom is 0.404 e. The summed E-state index contributed by atoms with van der Waals surface area (Å²) < 4.78 is 12.6. The molecule has 7 heteroatoms. The molecular formula is C25H25BrN2O4. The highest BCUT2D eigenvalue weighted by Crippen LogP contribution is 2.35. The first kappa shape index (κ1) is 22.1. The van der Waals surface area contributed by atoms with Gasteiger partial charge >= 0.3 is 6.09 Å². The molecule has 0 atom stereocenters. The minimum atomic E-state index is -0.982. The van der Waals surface area contributed by atoms with Crippen molar-refractivity contribution >= 4 is 22.0 Å². The number of ether oxygens (including phenoxy) is 2. The fraction of sp³-hybridized carbons (Fsp3) is 0.280. The summed E-state index contributed by atoms with van der Waals surface area (Å²) >= 11 is 3.32. The average Bonchev–Trinajstić information content (AvgIpc) is 2.74. The first-order valence-electron chi connectivity index (χ1n) is 10.5. The predicted molar refractivity (Wildman–Crippen MR) is 126 cm³/mol. The zero-order chi connectivity index (χ0) is 22.7. The number of carboxylic acid groups (broad SMARTS) is 1. The number of nitrogens with zero attached hydrogens (tertiary/aromatic N) is 1. The van der Waals surface area contributed by atoms with Gasteiger partial charge in [-0.1, -0.05) is 38.1 Å². The van der Waals surface area contributed by atoms with E-state index in [4.69, 9.17) is 14.6 Å². The monoisotopic (exact) mass is 496 g/mol. The number of benzene rings is 2. The summed E-state index contributed by atoms with van der Waals surface area (Å²) in [7, 11) is 0. The fourth-order valence-corrected chi connectivity index (χ4v) is 4.00. The summed E-state index contributed by atoms with van der Waals surface area (Å²) in [5.74, 6) is 2.25. The van der Waals surface area contributed by atoms with Gasteiger partial charge in [-0.2, -0.15) is 0 Å². The van der Waals surface area contributed by atoms with E-state index in [1.807, 2.05) is 36.4 Å². The van der Waals surface area contributed by atoms with E-state index in [1.54, 1.807) is 6.20 Å². The first-order valence-corrected chi connectivity index (χ1v) is 11.3. The van der Waals surface area contributed by atoms with Crippen molar-refractivity contribution in [2.24, 2.45) is 0 Å². The molecule has 6 nitrogen and oxygen atoms in total. The normalized spacial score (nSPS) is 17.8. The molecule has 0 unspecified atom stereocenters. The van der Waals surface area contributed by atoms with E-state index >= 15 is 0 Å². The van der Waals surface area contributed by atoms with E-state index in [1.165, 1.54) is 11.1 Å². The zero-order valence-electron chi connectivity index (χ0n) is 17.9. The molecule has 166 valence electrons. The Bertz CT molecular complexity index is 1060. The van der Waals surface area contributed by atoms with Crippen LogP contribution in [0.2, 0.25) is 0 Å². The van der Waals surface area contributed by atoms with E-state index in [0.29, 0.717) is 18.6 Å². The zero-order valence-corrected chi connectivity index (χ0v) is 19.5. The number of carbonyl (C=O) groups is 1. The van der Waals surface area contributed by atoms with Crippen molar-refractivity contribution in [3.05, 3.63) is 82.6 Å². The number of aromatic nitrogens is 1. The van der Waals surface area contributed by atoms with Crippen LogP contribution in [-0.4, -0.2) is 28.3 Å². The predicted octanol–water partition coefficient (Wildman–Crippen LogP) is 6.14. The molecule has 4 rings (SSSR count). The second kappa shape index (κ2) is 9.20. The fourth-order valence-electron chi connectivity index (χ4n) is 3.76. The first-order chi connectivity index (χ1) is 15.3. The number of nitrogens with one attached hydrogen (secondary N) is 1. The Morgan fingerprint density at radius 1 is 0.969 bits per heavy atom. The van der Waals surface area contributed by atoms with Crippen LogP contribution in [0, 0.1) is 0 Å². The number of pyridine rings is 1. The van der Waals surface area contributed by atoms with Crippen LogP contribution in [0.1, 0.15) is 37.8 Å². The average molecular weight is 497 g/mol. The van der Waals surface area contributed by atoms with Crippen LogP contribution < -0.4 is 14.8 Å². The lowest BCUT2D eigenvalue weighted by atomic mass is 9.78. The van der Waals surface area contributed by atoms with Crippen molar-refractivity contribution in [3.8, 4) is 17.2 Å². The molecule has 0 radical (unpaired) electrons. The Kier molecular flexibility index (Phi) is 6.37. The Labute approximate surface area is 195 Å². The van der Waals surface area contributed by atoms with E-state index in [0.717, 1.165) is 16.1 Å². The van der Waals surface area contributed by atoms with Gasteiger partial charge in [-0.25, -0.2) is 9.78 Å². The maximum absolute atomic E-state index is 10.7. The Hall–Kier alpha value is -3.06. The van der Waals surface area contributed by atoms with Gasteiger partial charge in [0.1, 0.15) is 28.0 Å². The standard InChI is InChI=1S/C25H25BrN2O4/c1-25(2,16-3-7-19(8-4-16)31-21-11-12-23(26)27-15-21)17-5-9-20(10-6-17)32-22-13-18(14-22)28-24(29)30/h3-12,15,18,22,28H,13-14H2,1-2H3,(H,29,30). The Morgan fingerprint density at radius 3 is 2.06 bits per heavy atom. The van der Waals surface area contributed by atoms with Crippen LogP contribution in [0.5, 0.6) is 17.2 Å². The molecule has 0 aliphatic heterocycles. The van der Waals surface area contributed by atoms with Gasteiger partial charge in [0.15, 0.2) is 0 Å². The van der Waals surface area contributed by atoms with Gasteiger partial charge in [-0.15, -0.1) is 0 Å². The topological polar surface area (TPSA) is 80.7 Å². The second-order valence-electron chi connectivity index (χ2n) is 8.45. The van der Waals surface area contributed by atoms with Crippen molar-refractivity contribution in [3.63, 3.8) is 0 Å². The van der Waals surface area contributed by atoms with Crippen molar-refractivity contribution < 1.29 is 19.4 Å². The Balaban J connectivity index is 1.37. The molecule has 1 aliphatic carbocycles. The highest BCUT2D eigenvalue weighted by atomic mass is 79.9. The van der Waals surface area contributed by atoms with E-state index in [-0.39, 0.29) is 17.6 Å². The van der Waals surface area contributed by atoms with Gasteiger partial charge in [0.2, 0.25) is 0 Å². The summed E-state index contributed by atoms with van der Waals surface area (Å²) in [5.41, 5.74) is 2.16. The number of rotatable bonds is 7. The van der Waals surface area contributed by atoms with Crippen LogP contribution in [0.3, 0.4) is 0 Å². The summed E-state index contributed by atoms with van der Waals surface area (Å²) in [6, 6.07) is 19.9. The largest absolute Gasteiger partial charge is 0.490 e. The van der Waals surface area contributed by atoms with Crippen molar-refractivity contribution in [2.75, 3.05) is 0 Å². The van der Waals surface area contributed by atoms with Crippen LogP contribution in [0.15, 0.2) is 71.5 Å². The SMILES string of the molecule is CC(C)(c1ccc(Oc2ccc(Br)nc2)cc1)c1ccc(OC2CC(NC(=O)O)C2)cc1. The molecular weight excluding hydrogens is 472 g/mol. The van der Waals surface area contributed by atoms with E-state index in [9.17, 15) is 4.79 Å². The highest BCUT2D eigenvalue weighted by molar-refractivity contribution is 9.10. The minimum absolute atomic E-state index is 0.0114. The third-order valence-electron chi connectivity index (χ3n) is 5.81. The molecule has 2 N–H and O–H groups in total. The van der Waals surface area contributed by atoms with Crippen LogP contribution >= 0.6 is 15.9 Å².